The van der Waals surface area contributed by atoms with Crippen molar-refractivity contribution >= 4 is 17.5 Å². The molecule has 174 valence electrons. The van der Waals surface area contributed by atoms with Gasteiger partial charge < -0.3 is 16.0 Å². The average Bonchev–Trinajstić information content (AvgIpc) is 2.78. The lowest BCUT2D eigenvalue weighted by Crippen LogP contribution is -2.44. The first-order valence-electron chi connectivity index (χ1n) is 11.6. The van der Waals surface area contributed by atoms with Crippen LogP contribution in [-0.2, 0) is 11.3 Å². The van der Waals surface area contributed by atoms with Crippen molar-refractivity contribution in [2.24, 2.45) is 11.1 Å². The highest BCUT2D eigenvalue weighted by Gasteiger charge is 2.30. The molecule has 0 aliphatic heterocycles. The number of nitrogens with one attached hydrogen (secondary N) is 1. The predicted molar refractivity (Wildman–Crippen MR) is 130 cm³/mol. The van der Waals surface area contributed by atoms with E-state index < -0.39 is 0 Å². The van der Waals surface area contributed by atoms with E-state index in [9.17, 15) is 9.59 Å². The number of nitriles is 1. The van der Waals surface area contributed by atoms with Gasteiger partial charge in [0.15, 0.2) is 0 Å². The molecule has 33 heavy (non-hydrogen) atoms. The van der Waals surface area contributed by atoms with Crippen molar-refractivity contribution in [3.63, 3.8) is 0 Å². The number of benzene rings is 2. The van der Waals surface area contributed by atoms with Gasteiger partial charge in [-0.1, -0.05) is 39.0 Å². The van der Waals surface area contributed by atoms with Crippen molar-refractivity contribution in [1.82, 2.24) is 4.90 Å². The molecule has 0 heterocycles. The number of nitrogens with two attached hydrogens (primary N) is 1. The predicted octanol–water partition coefficient (Wildman–Crippen LogP) is 4.85. The summed E-state index contributed by atoms with van der Waals surface area (Å²) in [5.41, 5.74) is 8.58. The number of hydrogen-bond acceptors (Lipinski definition) is 4. The molecule has 1 aliphatic rings. The van der Waals surface area contributed by atoms with Crippen LogP contribution in [0.2, 0.25) is 0 Å². The lowest BCUT2D eigenvalue weighted by molar-refractivity contribution is -0.137. The molecule has 0 spiro atoms. The molecule has 6 heteroatoms. The highest BCUT2D eigenvalue weighted by molar-refractivity contribution is 6.04. The fraction of sp³-hybridized carbons (Fsp3) is 0.444. The second-order valence-corrected chi connectivity index (χ2v) is 10.1. The van der Waals surface area contributed by atoms with Crippen LogP contribution in [0.4, 0.5) is 5.69 Å². The lowest BCUT2D eigenvalue weighted by Gasteiger charge is -2.38. The Kier molecular flexibility index (Phi) is 7.88. The fourth-order valence-corrected chi connectivity index (χ4v) is 4.24. The Balaban J connectivity index is 1.81. The maximum absolute atomic E-state index is 13.3. The minimum Gasteiger partial charge on any atom is -0.335 e. The van der Waals surface area contributed by atoms with Crippen molar-refractivity contribution in [3.8, 4) is 6.07 Å². The van der Waals surface area contributed by atoms with E-state index in [1.165, 1.54) is 0 Å². The Morgan fingerprint density at radius 3 is 2.30 bits per heavy atom. The van der Waals surface area contributed by atoms with Gasteiger partial charge in [-0.05, 0) is 67.0 Å². The Labute approximate surface area is 196 Å². The topological polar surface area (TPSA) is 99.2 Å². The maximum atomic E-state index is 13.3. The Morgan fingerprint density at radius 2 is 1.70 bits per heavy atom. The number of carbonyl (C=O) groups excluding carboxylic acids is 2. The molecule has 0 saturated heterocycles. The van der Waals surface area contributed by atoms with E-state index in [-0.39, 0.29) is 29.3 Å². The van der Waals surface area contributed by atoms with Crippen LogP contribution in [0.1, 0.15) is 74.4 Å². The molecule has 0 atom stereocenters. The van der Waals surface area contributed by atoms with Crippen LogP contribution >= 0.6 is 0 Å². The van der Waals surface area contributed by atoms with Crippen LogP contribution in [-0.4, -0.2) is 28.8 Å². The van der Waals surface area contributed by atoms with Crippen molar-refractivity contribution < 1.29 is 9.59 Å². The zero-order valence-electron chi connectivity index (χ0n) is 19.8. The summed E-state index contributed by atoms with van der Waals surface area (Å²) in [5.74, 6) is -0.112. The second-order valence-electron chi connectivity index (χ2n) is 10.1. The Bertz CT molecular complexity index is 1010. The zero-order chi connectivity index (χ0) is 24.0. The largest absolute Gasteiger partial charge is 0.335 e. The van der Waals surface area contributed by atoms with Gasteiger partial charge in [-0.2, -0.15) is 5.26 Å². The first kappa shape index (κ1) is 24.5. The van der Waals surface area contributed by atoms with Gasteiger partial charge in [0, 0.05) is 36.3 Å². The monoisotopic (exact) mass is 446 g/mol. The number of rotatable bonds is 6. The van der Waals surface area contributed by atoms with Gasteiger partial charge in [0.25, 0.3) is 5.91 Å². The van der Waals surface area contributed by atoms with Crippen molar-refractivity contribution in [2.75, 3.05) is 5.32 Å². The molecule has 2 amide bonds. The van der Waals surface area contributed by atoms with E-state index in [1.54, 1.807) is 24.3 Å². The van der Waals surface area contributed by atoms with Gasteiger partial charge in [-0.3, -0.25) is 9.59 Å². The molecule has 1 aliphatic carbocycles. The molecule has 3 N–H and O–H groups in total. The van der Waals surface area contributed by atoms with E-state index in [1.807, 2.05) is 29.2 Å². The van der Waals surface area contributed by atoms with Crippen molar-refractivity contribution in [3.05, 3.63) is 65.2 Å². The van der Waals surface area contributed by atoms with Gasteiger partial charge in [0.05, 0.1) is 11.6 Å². The molecule has 0 bridgehead atoms. The third-order valence-corrected chi connectivity index (χ3v) is 6.07. The number of hydrogen-bond donors (Lipinski definition) is 2. The molecule has 1 fully saturated rings. The molecule has 2 aromatic carbocycles. The molecule has 2 aromatic rings. The van der Waals surface area contributed by atoms with Crippen LogP contribution in [0.15, 0.2) is 48.5 Å². The quantitative estimate of drug-likeness (QED) is 0.663. The SMILES string of the molecule is CC(C)(C)CC(=O)N(Cc1ccccc1NC(=O)c1ccc(C#N)cc1)C1CCC(N)CC1. The van der Waals surface area contributed by atoms with Gasteiger partial charge in [0.1, 0.15) is 0 Å². The van der Waals surface area contributed by atoms with Gasteiger partial charge in [0.2, 0.25) is 5.91 Å². The van der Waals surface area contributed by atoms with Gasteiger partial charge in [-0.25, -0.2) is 0 Å². The third kappa shape index (κ3) is 6.90. The number of nitrogens with zero attached hydrogens (tertiary/aromatic N) is 2. The molecule has 0 radical (unpaired) electrons. The highest BCUT2D eigenvalue weighted by Crippen LogP contribution is 2.29. The first-order valence-corrected chi connectivity index (χ1v) is 11.6. The van der Waals surface area contributed by atoms with Gasteiger partial charge in [-0.15, -0.1) is 0 Å². The Hall–Kier alpha value is -3.17. The van der Waals surface area contributed by atoms with Crippen LogP contribution in [0, 0.1) is 16.7 Å². The lowest BCUT2D eigenvalue weighted by atomic mass is 9.88. The van der Waals surface area contributed by atoms with E-state index in [2.05, 4.69) is 32.2 Å². The van der Waals surface area contributed by atoms with Crippen LogP contribution in [0.3, 0.4) is 0 Å². The van der Waals surface area contributed by atoms with E-state index >= 15 is 0 Å². The number of anilines is 1. The normalized spacial score (nSPS) is 18.3. The number of amides is 2. The summed E-state index contributed by atoms with van der Waals surface area (Å²) < 4.78 is 0. The first-order chi connectivity index (χ1) is 15.7. The van der Waals surface area contributed by atoms with E-state index in [0.717, 1.165) is 31.2 Å². The molecule has 0 unspecified atom stereocenters. The summed E-state index contributed by atoms with van der Waals surface area (Å²) >= 11 is 0. The van der Waals surface area contributed by atoms with Crippen molar-refractivity contribution in [1.29, 1.82) is 5.26 Å². The second kappa shape index (κ2) is 10.6. The minimum absolute atomic E-state index is 0.107. The number of carbonyl (C=O) groups is 2. The summed E-state index contributed by atoms with van der Waals surface area (Å²) in [6.07, 6.45) is 4.10. The molecular formula is C27H34N4O2. The van der Waals surface area contributed by atoms with Crippen LogP contribution in [0.5, 0.6) is 0 Å². The molecule has 3 rings (SSSR count). The summed E-state index contributed by atoms with van der Waals surface area (Å²) in [7, 11) is 0. The third-order valence-electron chi connectivity index (χ3n) is 6.07. The summed E-state index contributed by atoms with van der Waals surface area (Å²) in [6, 6.07) is 16.6. The average molecular weight is 447 g/mol. The summed E-state index contributed by atoms with van der Waals surface area (Å²) in [5, 5.41) is 12.0. The van der Waals surface area contributed by atoms with Gasteiger partial charge >= 0.3 is 0 Å². The molecule has 6 nitrogen and oxygen atoms in total. The molecule has 1 saturated carbocycles. The minimum atomic E-state index is -0.247. The maximum Gasteiger partial charge on any atom is 0.255 e. The number of para-hydroxylation sites is 1. The van der Waals surface area contributed by atoms with Crippen LogP contribution in [0.25, 0.3) is 0 Å². The zero-order valence-corrected chi connectivity index (χ0v) is 19.8. The highest BCUT2D eigenvalue weighted by atomic mass is 16.2. The fourth-order valence-electron chi connectivity index (χ4n) is 4.24. The van der Waals surface area contributed by atoms with E-state index in [0.29, 0.717) is 29.8 Å². The van der Waals surface area contributed by atoms with Crippen LogP contribution < -0.4 is 11.1 Å². The smallest absolute Gasteiger partial charge is 0.255 e. The van der Waals surface area contributed by atoms with Crippen molar-refractivity contribution in [2.45, 2.75) is 71.5 Å². The molecule has 0 aromatic heterocycles. The summed E-state index contributed by atoms with van der Waals surface area (Å²) in [4.78, 5) is 28.2. The standard InChI is InChI=1S/C27H34N4O2/c1-27(2,3)16-25(32)31(23-14-12-22(29)13-15-23)18-21-6-4-5-7-24(21)30-26(33)20-10-8-19(17-28)9-11-20/h4-11,22-23H,12-16,18,29H2,1-3H3,(H,30,33). The van der Waals surface area contributed by atoms with E-state index in [4.69, 9.17) is 11.0 Å². The Morgan fingerprint density at radius 1 is 1.06 bits per heavy atom. The summed E-state index contributed by atoms with van der Waals surface area (Å²) in [6.45, 7) is 6.67. The molecular weight excluding hydrogens is 412 g/mol.